The van der Waals surface area contributed by atoms with Crippen molar-refractivity contribution in [2.45, 2.75) is 49.3 Å². The first-order valence-corrected chi connectivity index (χ1v) is 12.9. The topological polar surface area (TPSA) is 86.7 Å². The van der Waals surface area contributed by atoms with E-state index in [0.29, 0.717) is 48.8 Å². The van der Waals surface area contributed by atoms with Crippen LogP contribution in [0, 0.1) is 5.92 Å². The molecule has 0 aliphatic carbocycles. The maximum atomic E-state index is 12.7. The number of carboxylic acids is 1. The van der Waals surface area contributed by atoms with Gasteiger partial charge in [0.15, 0.2) is 0 Å². The summed E-state index contributed by atoms with van der Waals surface area (Å²) in [6.45, 7) is 2.38. The molecule has 0 spiro atoms. The summed E-state index contributed by atoms with van der Waals surface area (Å²) in [6.07, 6.45) is 1.82. The quantitative estimate of drug-likeness (QED) is 0.450. The first kappa shape index (κ1) is 26.4. The van der Waals surface area contributed by atoms with Gasteiger partial charge in [-0.25, -0.2) is 0 Å². The zero-order valence-electron chi connectivity index (χ0n) is 18.9. The number of carbonyl (C=O) groups is 3. The SMILES string of the molecule is C[C@H](NC(=O)C1CCN(C(=O)CCc2ccc(SCc3ccccc3)c(Cl)c2Cl)CC1)C(=O)O. The normalized spacial score (nSPS) is 15.1. The van der Waals surface area contributed by atoms with Crippen LogP contribution in [-0.4, -0.2) is 46.9 Å². The van der Waals surface area contributed by atoms with Gasteiger partial charge in [0, 0.05) is 36.1 Å². The number of hydrogen-bond acceptors (Lipinski definition) is 4. The van der Waals surface area contributed by atoms with E-state index < -0.39 is 12.0 Å². The molecule has 182 valence electrons. The molecule has 3 rings (SSSR count). The number of hydrogen-bond donors (Lipinski definition) is 2. The highest BCUT2D eigenvalue weighted by Gasteiger charge is 2.28. The molecule has 1 heterocycles. The van der Waals surface area contributed by atoms with Crippen molar-refractivity contribution in [1.29, 1.82) is 0 Å². The molecule has 0 saturated carbocycles. The third-order valence-electron chi connectivity index (χ3n) is 5.92. The van der Waals surface area contributed by atoms with Crippen molar-refractivity contribution in [3.8, 4) is 0 Å². The van der Waals surface area contributed by atoms with Gasteiger partial charge in [-0.3, -0.25) is 14.4 Å². The van der Waals surface area contributed by atoms with E-state index in [1.807, 2.05) is 30.3 Å². The third kappa shape index (κ3) is 7.14. The fourth-order valence-corrected chi connectivity index (χ4v) is 5.37. The molecule has 0 radical (unpaired) electrons. The van der Waals surface area contributed by atoms with Crippen LogP contribution in [0.2, 0.25) is 10.0 Å². The van der Waals surface area contributed by atoms with E-state index in [9.17, 15) is 14.4 Å². The van der Waals surface area contributed by atoms with E-state index in [0.717, 1.165) is 16.2 Å². The Morgan fingerprint density at radius 3 is 2.41 bits per heavy atom. The predicted molar refractivity (Wildman–Crippen MR) is 135 cm³/mol. The summed E-state index contributed by atoms with van der Waals surface area (Å²) in [6, 6.07) is 13.1. The van der Waals surface area contributed by atoms with Crippen LogP contribution in [0.15, 0.2) is 47.4 Å². The minimum atomic E-state index is -1.07. The van der Waals surface area contributed by atoms with Crippen LogP contribution >= 0.6 is 35.0 Å². The molecule has 6 nitrogen and oxygen atoms in total. The van der Waals surface area contributed by atoms with Crippen molar-refractivity contribution in [3.05, 3.63) is 63.6 Å². The van der Waals surface area contributed by atoms with Gasteiger partial charge in [0.2, 0.25) is 11.8 Å². The summed E-state index contributed by atoms with van der Waals surface area (Å²) >= 11 is 14.6. The lowest BCUT2D eigenvalue weighted by molar-refractivity contribution is -0.142. The van der Waals surface area contributed by atoms with Crippen LogP contribution in [0.4, 0.5) is 0 Å². The van der Waals surface area contributed by atoms with Gasteiger partial charge >= 0.3 is 5.97 Å². The van der Waals surface area contributed by atoms with E-state index in [1.165, 1.54) is 12.5 Å². The van der Waals surface area contributed by atoms with E-state index in [1.54, 1.807) is 16.7 Å². The van der Waals surface area contributed by atoms with Gasteiger partial charge in [0.1, 0.15) is 6.04 Å². The lowest BCUT2D eigenvalue weighted by atomic mass is 9.95. The summed E-state index contributed by atoms with van der Waals surface area (Å²) in [7, 11) is 0. The number of carboxylic acid groups (broad SMARTS) is 1. The number of likely N-dealkylation sites (tertiary alicyclic amines) is 1. The van der Waals surface area contributed by atoms with Crippen LogP contribution in [0.1, 0.15) is 37.3 Å². The Labute approximate surface area is 214 Å². The van der Waals surface area contributed by atoms with E-state index >= 15 is 0 Å². The third-order valence-corrected chi connectivity index (χ3v) is 8.08. The number of benzene rings is 2. The molecule has 1 atom stereocenters. The fourth-order valence-electron chi connectivity index (χ4n) is 3.80. The number of amides is 2. The van der Waals surface area contributed by atoms with Crippen LogP contribution in [-0.2, 0) is 26.6 Å². The average Bonchev–Trinajstić information content (AvgIpc) is 2.84. The van der Waals surface area contributed by atoms with Crippen molar-refractivity contribution < 1.29 is 19.5 Å². The molecule has 34 heavy (non-hydrogen) atoms. The maximum Gasteiger partial charge on any atom is 0.325 e. The number of nitrogens with zero attached hydrogens (tertiary/aromatic N) is 1. The highest BCUT2D eigenvalue weighted by atomic mass is 35.5. The second-order valence-corrected chi connectivity index (χ2v) is 10.1. The Bertz CT molecular complexity index is 1030. The molecular formula is C25H28Cl2N2O4S. The summed E-state index contributed by atoms with van der Waals surface area (Å²) in [5.74, 6) is -0.818. The summed E-state index contributed by atoms with van der Waals surface area (Å²) in [5.41, 5.74) is 2.04. The van der Waals surface area contributed by atoms with E-state index in [2.05, 4.69) is 17.4 Å². The molecule has 1 fully saturated rings. The fraction of sp³-hybridized carbons (Fsp3) is 0.400. The Kier molecular flexibility index (Phi) is 9.68. The van der Waals surface area contributed by atoms with Gasteiger partial charge in [-0.15, -0.1) is 11.8 Å². The molecule has 0 aromatic heterocycles. The molecule has 2 aromatic rings. The summed E-state index contributed by atoms with van der Waals surface area (Å²) < 4.78 is 0. The molecule has 2 aromatic carbocycles. The van der Waals surface area contributed by atoms with Crippen LogP contribution < -0.4 is 5.32 Å². The average molecular weight is 523 g/mol. The predicted octanol–water partition coefficient (Wildman–Crippen LogP) is 5.05. The standard InChI is InChI=1S/C25H28Cl2N2O4S/c1-16(25(32)33)28-24(31)19-11-13-29(14-12-19)21(30)10-8-18-7-9-20(23(27)22(18)26)34-15-17-5-3-2-4-6-17/h2-7,9,16,19H,8,10-15H2,1H3,(H,28,31)(H,32,33)/t16-/m0/s1. The maximum absolute atomic E-state index is 12.7. The number of nitrogens with one attached hydrogen (secondary N) is 1. The minimum Gasteiger partial charge on any atom is -0.480 e. The zero-order chi connectivity index (χ0) is 24.7. The number of carbonyl (C=O) groups excluding carboxylic acids is 2. The first-order valence-electron chi connectivity index (χ1n) is 11.2. The van der Waals surface area contributed by atoms with Gasteiger partial charge in [0.05, 0.1) is 10.0 Å². The second kappa shape index (κ2) is 12.5. The Morgan fingerprint density at radius 2 is 1.76 bits per heavy atom. The molecule has 0 bridgehead atoms. The van der Waals surface area contributed by atoms with Crippen molar-refractivity contribution in [2.75, 3.05) is 13.1 Å². The van der Waals surface area contributed by atoms with Crippen LogP contribution in [0.3, 0.4) is 0 Å². The van der Waals surface area contributed by atoms with Gasteiger partial charge < -0.3 is 15.3 Å². The van der Waals surface area contributed by atoms with Gasteiger partial charge in [-0.1, -0.05) is 59.6 Å². The van der Waals surface area contributed by atoms with Crippen LogP contribution in [0.5, 0.6) is 0 Å². The van der Waals surface area contributed by atoms with Crippen molar-refractivity contribution in [2.24, 2.45) is 5.92 Å². The Hall–Kier alpha value is -2.22. The zero-order valence-corrected chi connectivity index (χ0v) is 21.3. The molecule has 0 unspecified atom stereocenters. The summed E-state index contributed by atoms with van der Waals surface area (Å²) in [5, 5.41) is 12.4. The smallest absolute Gasteiger partial charge is 0.325 e. The largest absolute Gasteiger partial charge is 0.480 e. The van der Waals surface area contributed by atoms with Gasteiger partial charge in [-0.05, 0) is 43.4 Å². The number of piperidine rings is 1. The molecule has 1 saturated heterocycles. The van der Waals surface area contributed by atoms with Crippen molar-refractivity contribution in [3.63, 3.8) is 0 Å². The van der Waals surface area contributed by atoms with E-state index in [-0.39, 0.29) is 17.7 Å². The number of halogens is 2. The Morgan fingerprint density at radius 1 is 1.09 bits per heavy atom. The molecular weight excluding hydrogens is 495 g/mol. The monoisotopic (exact) mass is 522 g/mol. The lowest BCUT2D eigenvalue weighted by Crippen LogP contribution is -2.46. The minimum absolute atomic E-state index is 0.00693. The molecule has 2 amide bonds. The number of aryl methyl sites for hydroxylation is 1. The molecule has 1 aliphatic rings. The summed E-state index contributed by atoms with van der Waals surface area (Å²) in [4.78, 5) is 38.5. The highest BCUT2D eigenvalue weighted by Crippen LogP contribution is 2.37. The number of aliphatic carboxylic acids is 1. The van der Waals surface area contributed by atoms with Gasteiger partial charge in [-0.2, -0.15) is 0 Å². The second-order valence-electron chi connectivity index (χ2n) is 8.35. The van der Waals surface area contributed by atoms with E-state index in [4.69, 9.17) is 28.3 Å². The molecule has 1 aliphatic heterocycles. The number of rotatable bonds is 9. The first-order chi connectivity index (χ1) is 16.3. The molecule has 2 N–H and O–H groups in total. The Balaban J connectivity index is 1.48. The van der Waals surface area contributed by atoms with Crippen molar-refractivity contribution >= 4 is 52.7 Å². The number of thioether (sulfide) groups is 1. The van der Waals surface area contributed by atoms with Gasteiger partial charge in [0.25, 0.3) is 0 Å². The van der Waals surface area contributed by atoms with Crippen molar-refractivity contribution in [1.82, 2.24) is 10.2 Å². The molecule has 9 heteroatoms. The highest BCUT2D eigenvalue weighted by molar-refractivity contribution is 7.98. The lowest BCUT2D eigenvalue weighted by Gasteiger charge is -2.31. The van der Waals surface area contributed by atoms with Crippen LogP contribution in [0.25, 0.3) is 0 Å².